The molecule has 0 bridgehead atoms. The van der Waals surface area contributed by atoms with Crippen LogP contribution in [0.3, 0.4) is 0 Å². The highest BCUT2D eigenvalue weighted by molar-refractivity contribution is 5.24. The second-order valence-corrected chi connectivity index (χ2v) is 6.39. The van der Waals surface area contributed by atoms with Crippen molar-refractivity contribution in [3.63, 3.8) is 0 Å². The van der Waals surface area contributed by atoms with Crippen LogP contribution < -0.4 is 0 Å². The zero-order chi connectivity index (χ0) is 14.1. The number of nitrogens with zero attached hydrogens (tertiary/aromatic N) is 1. The highest BCUT2D eigenvalue weighted by Gasteiger charge is 2.44. The molecule has 0 saturated heterocycles. The van der Waals surface area contributed by atoms with Crippen molar-refractivity contribution in [3.05, 3.63) is 35.6 Å². The van der Waals surface area contributed by atoms with E-state index in [0.29, 0.717) is 18.4 Å². The van der Waals surface area contributed by atoms with E-state index in [4.69, 9.17) is 0 Å². The molecule has 1 N–H and O–H groups in total. The number of hydrogen-bond donors (Lipinski definition) is 1. The zero-order valence-electron chi connectivity index (χ0n) is 11.5. The van der Waals surface area contributed by atoms with Gasteiger partial charge in [0.15, 0.2) is 0 Å². The summed E-state index contributed by atoms with van der Waals surface area (Å²) in [7, 11) is 0. The molecular formula is C16H20FNO. The zero-order valence-corrected chi connectivity index (χ0v) is 11.5. The predicted molar refractivity (Wildman–Crippen MR) is 71.7 cm³/mol. The summed E-state index contributed by atoms with van der Waals surface area (Å²) < 4.78 is 12.9. The van der Waals surface area contributed by atoms with Crippen LogP contribution in [0.2, 0.25) is 0 Å². The van der Waals surface area contributed by atoms with Gasteiger partial charge in [0.05, 0.1) is 17.6 Å². The van der Waals surface area contributed by atoms with Gasteiger partial charge in [-0.3, -0.25) is 0 Å². The summed E-state index contributed by atoms with van der Waals surface area (Å²) in [5.41, 5.74) is 0.138. The Hall–Kier alpha value is -1.40. The van der Waals surface area contributed by atoms with E-state index in [0.717, 1.165) is 12.8 Å². The van der Waals surface area contributed by atoms with Crippen LogP contribution in [0.5, 0.6) is 0 Å². The summed E-state index contributed by atoms with van der Waals surface area (Å²) >= 11 is 0. The summed E-state index contributed by atoms with van der Waals surface area (Å²) in [6.45, 7) is 4.39. The van der Waals surface area contributed by atoms with E-state index in [9.17, 15) is 14.8 Å². The molecule has 1 atom stereocenters. The molecule has 1 aliphatic rings. The molecule has 1 unspecified atom stereocenters. The topological polar surface area (TPSA) is 44.0 Å². The molecule has 2 nitrogen and oxygen atoms in total. The molecule has 0 amide bonds. The fourth-order valence-corrected chi connectivity index (χ4v) is 2.78. The lowest BCUT2D eigenvalue weighted by Crippen LogP contribution is -2.35. The van der Waals surface area contributed by atoms with Crippen LogP contribution in [-0.4, -0.2) is 5.11 Å². The molecule has 3 heteroatoms. The lowest BCUT2D eigenvalue weighted by molar-refractivity contribution is 0.00952. The van der Waals surface area contributed by atoms with Crippen molar-refractivity contribution in [2.45, 2.75) is 45.6 Å². The lowest BCUT2D eigenvalue weighted by Gasteiger charge is -2.42. The molecule has 0 heterocycles. The van der Waals surface area contributed by atoms with E-state index >= 15 is 0 Å². The Kier molecular flexibility index (Phi) is 3.64. The van der Waals surface area contributed by atoms with Crippen LogP contribution >= 0.6 is 0 Å². The molecule has 1 aromatic rings. The highest BCUT2D eigenvalue weighted by atomic mass is 19.1. The van der Waals surface area contributed by atoms with Gasteiger partial charge in [-0.1, -0.05) is 26.0 Å². The van der Waals surface area contributed by atoms with Crippen molar-refractivity contribution in [1.29, 1.82) is 5.26 Å². The Morgan fingerprint density at radius 1 is 1.16 bits per heavy atom. The van der Waals surface area contributed by atoms with Crippen LogP contribution in [0.4, 0.5) is 4.39 Å². The standard InChI is InChI=1S/C16H20FNO/c1-15(2)7-9-16(11-18,10-8-15)14(19)12-3-5-13(17)6-4-12/h3-6,14,19H,7-10H2,1-2H3. The van der Waals surface area contributed by atoms with Gasteiger partial charge in [-0.05, 0) is 48.8 Å². The third kappa shape index (κ3) is 2.79. The SMILES string of the molecule is CC1(C)CCC(C#N)(C(O)c2ccc(F)cc2)CC1. The van der Waals surface area contributed by atoms with E-state index in [-0.39, 0.29) is 11.2 Å². The third-order valence-corrected chi connectivity index (χ3v) is 4.43. The van der Waals surface area contributed by atoms with Crippen molar-refractivity contribution in [2.75, 3.05) is 0 Å². The van der Waals surface area contributed by atoms with Gasteiger partial charge >= 0.3 is 0 Å². The second-order valence-electron chi connectivity index (χ2n) is 6.39. The van der Waals surface area contributed by atoms with Crippen molar-refractivity contribution in [1.82, 2.24) is 0 Å². The molecule has 1 fully saturated rings. The lowest BCUT2D eigenvalue weighted by atomic mass is 9.62. The largest absolute Gasteiger partial charge is 0.387 e. The minimum absolute atomic E-state index is 0.239. The number of aliphatic hydroxyl groups excluding tert-OH is 1. The average Bonchev–Trinajstić information content (AvgIpc) is 2.40. The van der Waals surface area contributed by atoms with Gasteiger partial charge < -0.3 is 5.11 Å². The maximum atomic E-state index is 12.9. The molecule has 0 aliphatic heterocycles. The third-order valence-electron chi connectivity index (χ3n) is 4.43. The van der Waals surface area contributed by atoms with Crippen molar-refractivity contribution >= 4 is 0 Å². The first kappa shape index (κ1) is 14.0. The van der Waals surface area contributed by atoms with E-state index in [2.05, 4.69) is 19.9 Å². The number of rotatable bonds is 2. The molecule has 0 aromatic heterocycles. The summed E-state index contributed by atoms with van der Waals surface area (Å²) in [4.78, 5) is 0. The number of aliphatic hydroxyl groups is 1. The van der Waals surface area contributed by atoms with E-state index in [1.54, 1.807) is 12.1 Å². The predicted octanol–water partition coefficient (Wildman–Crippen LogP) is 3.97. The second kappa shape index (κ2) is 4.94. The van der Waals surface area contributed by atoms with E-state index < -0.39 is 11.5 Å². The first-order valence-corrected chi connectivity index (χ1v) is 6.73. The van der Waals surface area contributed by atoms with Crippen LogP contribution in [0.1, 0.15) is 51.2 Å². The molecule has 1 aromatic carbocycles. The Labute approximate surface area is 113 Å². The van der Waals surface area contributed by atoms with Gasteiger partial charge in [-0.25, -0.2) is 4.39 Å². The molecule has 102 valence electrons. The highest BCUT2D eigenvalue weighted by Crippen LogP contribution is 2.50. The number of nitriles is 1. The van der Waals surface area contributed by atoms with Crippen molar-refractivity contribution < 1.29 is 9.50 Å². The fraction of sp³-hybridized carbons (Fsp3) is 0.562. The summed E-state index contributed by atoms with van der Waals surface area (Å²) in [5, 5.41) is 20.0. The van der Waals surface area contributed by atoms with E-state index in [1.165, 1.54) is 12.1 Å². The van der Waals surface area contributed by atoms with Gasteiger partial charge in [-0.15, -0.1) is 0 Å². The monoisotopic (exact) mass is 261 g/mol. The number of benzene rings is 1. The summed E-state index contributed by atoms with van der Waals surface area (Å²) in [6, 6.07) is 8.12. The van der Waals surface area contributed by atoms with Crippen LogP contribution in [0, 0.1) is 28.0 Å². The maximum Gasteiger partial charge on any atom is 0.123 e. The molecule has 0 spiro atoms. The van der Waals surface area contributed by atoms with Gasteiger partial charge in [0.1, 0.15) is 5.82 Å². The van der Waals surface area contributed by atoms with Crippen molar-refractivity contribution in [2.24, 2.45) is 10.8 Å². The molecule has 1 saturated carbocycles. The fourth-order valence-electron chi connectivity index (χ4n) is 2.78. The Morgan fingerprint density at radius 3 is 2.16 bits per heavy atom. The minimum atomic E-state index is -0.839. The van der Waals surface area contributed by atoms with Crippen LogP contribution in [0.25, 0.3) is 0 Å². The summed E-state index contributed by atoms with van der Waals surface area (Å²) in [5.74, 6) is -0.327. The quantitative estimate of drug-likeness (QED) is 0.875. The van der Waals surface area contributed by atoms with Crippen molar-refractivity contribution in [3.8, 4) is 6.07 Å². The van der Waals surface area contributed by atoms with Gasteiger partial charge in [0.2, 0.25) is 0 Å². The molecule has 1 aliphatic carbocycles. The first-order chi connectivity index (χ1) is 8.88. The summed E-state index contributed by atoms with van der Waals surface area (Å²) in [6.07, 6.45) is 2.40. The van der Waals surface area contributed by atoms with Gasteiger partial charge in [0.25, 0.3) is 0 Å². The van der Waals surface area contributed by atoms with Crippen LogP contribution in [0.15, 0.2) is 24.3 Å². The smallest absolute Gasteiger partial charge is 0.123 e. The molecule has 0 radical (unpaired) electrons. The van der Waals surface area contributed by atoms with E-state index in [1.807, 2.05) is 0 Å². The maximum absolute atomic E-state index is 12.9. The normalized spacial score (nSPS) is 22.5. The average molecular weight is 261 g/mol. The van der Waals surface area contributed by atoms with Gasteiger partial charge in [-0.2, -0.15) is 5.26 Å². The Bertz CT molecular complexity index is 476. The first-order valence-electron chi connectivity index (χ1n) is 6.73. The van der Waals surface area contributed by atoms with Crippen LogP contribution in [-0.2, 0) is 0 Å². The number of halogens is 1. The van der Waals surface area contributed by atoms with Gasteiger partial charge in [0, 0.05) is 0 Å². The minimum Gasteiger partial charge on any atom is -0.387 e. The number of hydrogen-bond acceptors (Lipinski definition) is 2. The molecular weight excluding hydrogens is 241 g/mol. The Morgan fingerprint density at radius 2 is 1.68 bits per heavy atom. The molecule has 2 rings (SSSR count). The molecule has 19 heavy (non-hydrogen) atoms. The Balaban J connectivity index is 2.23.